The average molecular weight is 234 g/mol. The van der Waals surface area contributed by atoms with Crippen LogP contribution in [0.15, 0.2) is 24.3 Å². The van der Waals surface area contributed by atoms with Crippen molar-refractivity contribution in [3.63, 3.8) is 0 Å². The van der Waals surface area contributed by atoms with Crippen molar-refractivity contribution in [3.05, 3.63) is 29.8 Å². The number of methoxy groups -OCH3 is 1. The summed E-state index contributed by atoms with van der Waals surface area (Å²) in [6.07, 6.45) is 5.56. The molecule has 92 valence electrons. The molecule has 1 aromatic carbocycles. The molecule has 0 aromatic heterocycles. The third-order valence-electron chi connectivity index (χ3n) is 3.32. The van der Waals surface area contributed by atoms with Crippen LogP contribution in [0.1, 0.15) is 43.6 Å². The summed E-state index contributed by atoms with van der Waals surface area (Å²) in [4.78, 5) is 11.2. The van der Waals surface area contributed by atoms with Gasteiger partial charge in [-0.1, -0.05) is 37.5 Å². The molecule has 1 aromatic rings. The van der Waals surface area contributed by atoms with Gasteiger partial charge in [-0.3, -0.25) is 0 Å². The molecule has 17 heavy (non-hydrogen) atoms. The first-order valence-corrected chi connectivity index (χ1v) is 6.16. The maximum Gasteiger partial charge on any atom is 0.513 e. The van der Waals surface area contributed by atoms with Crippen molar-refractivity contribution >= 4 is 6.16 Å². The van der Waals surface area contributed by atoms with E-state index in [1.807, 2.05) is 24.3 Å². The Kier molecular flexibility index (Phi) is 4.02. The van der Waals surface area contributed by atoms with E-state index >= 15 is 0 Å². The first-order chi connectivity index (χ1) is 8.31. The van der Waals surface area contributed by atoms with Gasteiger partial charge in [0, 0.05) is 0 Å². The van der Waals surface area contributed by atoms with Gasteiger partial charge in [-0.25, -0.2) is 4.79 Å². The fraction of sp³-hybridized carbons (Fsp3) is 0.500. The minimum absolute atomic E-state index is 0.518. The molecule has 1 saturated carbocycles. The Morgan fingerprint density at radius 1 is 1.18 bits per heavy atom. The first-order valence-electron chi connectivity index (χ1n) is 6.16. The van der Waals surface area contributed by atoms with E-state index in [1.54, 1.807) is 0 Å². The van der Waals surface area contributed by atoms with Crippen LogP contribution in [0.3, 0.4) is 0 Å². The largest absolute Gasteiger partial charge is 0.513 e. The van der Waals surface area contributed by atoms with Gasteiger partial charge in [0.2, 0.25) is 0 Å². The fourth-order valence-electron chi connectivity index (χ4n) is 2.46. The van der Waals surface area contributed by atoms with Crippen LogP contribution in [0.4, 0.5) is 4.79 Å². The molecular formula is C14H18O3. The summed E-state index contributed by atoms with van der Waals surface area (Å²) >= 11 is 0. The van der Waals surface area contributed by atoms with Gasteiger partial charge in [-0.2, -0.15) is 0 Å². The van der Waals surface area contributed by atoms with Crippen molar-refractivity contribution in [2.24, 2.45) is 0 Å². The summed E-state index contributed by atoms with van der Waals surface area (Å²) in [6.45, 7) is 0. The molecule has 2 rings (SSSR count). The van der Waals surface area contributed by atoms with E-state index in [0.29, 0.717) is 11.7 Å². The normalized spacial score (nSPS) is 16.5. The minimum atomic E-state index is -0.645. The van der Waals surface area contributed by atoms with Gasteiger partial charge in [-0.05, 0) is 30.4 Å². The molecule has 0 heterocycles. The second kappa shape index (κ2) is 5.71. The Bertz CT molecular complexity index is 381. The zero-order valence-electron chi connectivity index (χ0n) is 10.1. The molecule has 3 heteroatoms. The Morgan fingerprint density at radius 2 is 1.88 bits per heavy atom. The third kappa shape index (κ3) is 2.99. The summed E-state index contributed by atoms with van der Waals surface area (Å²) in [5.74, 6) is 1.16. The molecule has 3 nitrogen and oxygen atoms in total. The van der Waals surface area contributed by atoms with Crippen molar-refractivity contribution in [3.8, 4) is 5.75 Å². The molecule has 0 atom stereocenters. The lowest BCUT2D eigenvalue weighted by atomic mass is 9.84. The van der Waals surface area contributed by atoms with E-state index in [1.165, 1.54) is 39.2 Å². The van der Waals surface area contributed by atoms with Crippen LogP contribution in [0.5, 0.6) is 5.75 Å². The summed E-state index contributed by atoms with van der Waals surface area (Å²) < 4.78 is 9.72. The zero-order valence-corrected chi connectivity index (χ0v) is 10.1. The maximum atomic E-state index is 11.2. The number of carbonyl (C=O) groups is 1. The predicted octanol–water partition coefficient (Wildman–Crippen LogP) is 3.88. The summed E-state index contributed by atoms with van der Waals surface area (Å²) in [5.41, 5.74) is 1.14. The Labute approximate surface area is 102 Å². The highest BCUT2D eigenvalue weighted by atomic mass is 16.7. The van der Waals surface area contributed by atoms with Gasteiger partial charge in [0.25, 0.3) is 0 Å². The highest BCUT2D eigenvalue weighted by molar-refractivity contribution is 5.64. The average Bonchev–Trinajstić information content (AvgIpc) is 2.40. The predicted molar refractivity (Wildman–Crippen MR) is 65.3 cm³/mol. The number of carbonyl (C=O) groups excluding carboxylic acids is 1. The number of rotatable bonds is 2. The first kappa shape index (κ1) is 12.0. The summed E-state index contributed by atoms with van der Waals surface area (Å²) in [5, 5.41) is 0. The summed E-state index contributed by atoms with van der Waals surface area (Å²) in [6, 6.07) is 7.76. The Hall–Kier alpha value is -1.51. The van der Waals surface area contributed by atoms with Gasteiger partial charge in [0.05, 0.1) is 7.11 Å². The minimum Gasteiger partial charge on any atom is -0.437 e. The van der Waals surface area contributed by atoms with Crippen molar-refractivity contribution in [2.75, 3.05) is 7.11 Å². The Balaban J connectivity index is 2.17. The molecule has 0 radical (unpaired) electrons. The van der Waals surface area contributed by atoms with E-state index < -0.39 is 6.16 Å². The molecule has 0 amide bonds. The highest BCUT2D eigenvalue weighted by Gasteiger charge is 2.20. The van der Waals surface area contributed by atoms with Gasteiger partial charge in [-0.15, -0.1) is 0 Å². The van der Waals surface area contributed by atoms with E-state index in [4.69, 9.17) is 4.74 Å². The second-order valence-corrected chi connectivity index (χ2v) is 4.43. The molecule has 0 N–H and O–H groups in total. The van der Waals surface area contributed by atoms with Gasteiger partial charge < -0.3 is 9.47 Å². The molecule has 1 aliphatic carbocycles. The number of para-hydroxylation sites is 1. The van der Waals surface area contributed by atoms with Gasteiger partial charge in [0.1, 0.15) is 5.75 Å². The molecule has 1 aliphatic rings. The van der Waals surface area contributed by atoms with Crippen molar-refractivity contribution in [2.45, 2.75) is 38.0 Å². The number of benzene rings is 1. The number of ether oxygens (including phenoxy) is 2. The van der Waals surface area contributed by atoms with Crippen LogP contribution in [-0.2, 0) is 4.74 Å². The quantitative estimate of drug-likeness (QED) is 0.575. The van der Waals surface area contributed by atoms with E-state index in [9.17, 15) is 4.79 Å². The van der Waals surface area contributed by atoms with Crippen molar-refractivity contribution in [1.29, 1.82) is 0 Å². The highest BCUT2D eigenvalue weighted by Crippen LogP contribution is 2.37. The molecule has 0 spiro atoms. The molecule has 0 saturated heterocycles. The number of hydrogen-bond acceptors (Lipinski definition) is 3. The van der Waals surface area contributed by atoms with Gasteiger partial charge in [0.15, 0.2) is 0 Å². The van der Waals surface area contributed by atoms with E-state index in [2.05, 4.69) is 4.74 Å². The molecule has 1 fully saturated rings. The smallest absolute Gasteiger partial charge is 0.437 e. The van der Waals surface area contributed by atoms with E-state index in [0.717, 1.165) is 5.56 Å². The van der Waals surface area contributed by atoms with Gasteiger partial charge >= 0.3 is 6.16 Å². The lowest BCUT2D eigenvalue weighted by molar-refractivity contribution is 0.120. The second-order valence-electron chi connectivity index (χ2n) is 4.43. The topological polar surface area (TPSA) is 35.5 Å². The van der Waals surface area contributed by atoms with Crippen LogP contribution in [0.2, 0.25) is 0 Å². The van der Waals surface area contributed by atoms with Crippen LogP contribution in [0, 0.1) is 0 Å². The molecule has 0 aliphatic heterocycles. The molecule has 0 unspecified atom stereocenters. The van der Waals surface area contributed by atoms with Crippen LogP contribution < -0.4 is 4.74 Å². The van der Waals surface area contributed by atoms with Crippen LogP contribution >= 0.6 is 0 Å². The Morgan fingerprint density at radius 3 is 2.59 bits per heavy atom. The van der Waals surface area contributed by atoms with Crippen molar-refractivity contribution < 1.29 is 14.3 Å². The maximum absolute atomic E-state index is 11.2. The SMILES string of the molecule is COC(=O)Oc1ccccc1C1CCCCC1. The van der Waals surface area contributed by atoms with E-state index in [-0.39, 0.29) is 0 Å². The third-order valence-corrected chi connectivity index (χ3v) is 3.32. The van der Waals surface area contributed by atoms with Crippen LogP contribution in [-0.4, -0.2) is 13.3 Å². The lowest BCUT2D eigenvalue weighted by Gasteiger charge is -2.23. The summed E-state index contributed by atoms with van der Waals surface area (Å²) in [7, 11) is 1.32. The lowest BCUT2D eigenvalue weighted by Crippen LogP contribution is -2.11. The molecular weight excluding hydrogens is 216 g/mol. The molecule has 0 bridgehead atoms. The van der Waals surface area contributed by atoms with Crippen LogP contribution in [0.25, 0.3) is 0 Å². The number of hydrogen-bond donors (Lipinski definition) is 0. The van der Waals surface area contributed by atoms with Crippen molar-refractivity contribution in [1.82, 2.24) is 0 Å². The zero-order chi connectivity index (χ0) is 12.1. The standard InChI is InChI=1S/C14H18O3/c1-16-14(15)17-13-10-6-5-9-12(13)11-7-3-2-4-8-11/h5-6,9-11H,2-4,7-8H2,1H3. The monoisotopic (exact) mass is 234 g/mol. The fourth-order valence-corrected chi connectivity index (χ4v) is 2.46.